The van der Waals surface area contributed by atoms with Crippen molar-refractivity contribution in [3.63, 3.8) is 0 Å². The van der Waals surface area contributed by atoms with Crippen molar-refractivity contribution in [3.05, 3.63) is 24.0 Å². The van der Waals surface area contributed by atoms with E-state index in [9.17, 15) is 0 Å². The second-order valence-corrected chi connectivity index (χ2v) is 2.35. The molecule has 0 saturated heterocycles. The van der Waals surface area contributed by atoms with Gasteiger partial charge in [-0.2, -0.15) is 5.26 Å². The molecular formula is C9H10N2O. The van der Waals surface area contributed by atoms with Crippen LogP contribution in [-0.4, -0.2) is 12.1 Å². The normalized spacial score (nSPS) is 9.00. The van der Waals surface area contributed by atoms with E-state index in [2.05, 4.69) is 11.1 Å². The van der Waals surface area contributed by atoms with Gasteiger partial charge in [-0.3, -0.25) is 4.98 Å². The van der Waals surface area contributed by atoms with Crippen molar-refractivity contribution in [2.75, 3.05) is 7.11 Å². The molecule has 1 aromatic rings. The summed E-state index contributed by atoms with van der Waals surface area (Å²) in [5.74, 6) is 0.746. The zero-order chi connectivity index (χ0) is 8.81. The van der Waals surface area contributed by atoms with Gasteiger partial charge in [0.1, 0.15) is 5.75 Å². The summed E-state index contributed by atoms with van der Waals surface area (Å²) in [4.78, 5) is 4.11. The summed E-state index contributed by atoms with van der Waals surface area (Å²) in [6.45, 7) is 0. The highest BCUT2D eigenvalue weighted by Gasteiger charge is 1.94. The van der Waals surface area contributed by atoms with Gasteiger partial charge in [-0.25, -0.2) is 0 Å². The topological polar surface area (TPSA) is 45.9 Å². The quantitative estimate of drug-likeness (QED) is 0.677. The molecule has 0 saturated carbocycles. The molecular weight excluding hydrogens is 152 g/mol. The molecule has 0 atom stereocenters. The van der Waals surface area contributed by atoms with Gasteiger partial charge in [0.15, 0.2) is 0 Å². The van der Waals surface area contributed by atoms with Crippen LogP contribution in [0.4, 0.5) is 0 Å². The smallest absolute Gasteiger partial charge is 0.137 e. The van der Waals surface area contributed by atoms with Crippen LogP contribution in [0.25, 0.3) is 0 Å². The van der Waals surface area contributed by atoms with Crippen LogP contribution in [0.5, 0.6) is 5.75 Å². The molecule has 1 aromatic heterocycles. The Kier molecular flexibility index (Phi) is 3.09. The first kappa shape index (κ1) is 8.54. The fourth-order valence-electron chi connectivity index (χ4n) is 0.864. The standard InChI is InChI=1S/C9H10N2O/c1-12-9-5-4-8(11-7-9)3-2-6-10/h4-5,7H,2-3H2,1H3. The average Bonchev–Trinajstić information content (AvgIpc) is 2.15. The molecule has 0 amide bonds. The van der Waals surface area contributed by atoms with Gasteiger partial charge in [-0.1, -0.05) is 0 Å². The number of methoxy groups -OCH3 is 1. The second kappa shape index (κ2) is 4.35. The molecule has 0 bridgehead atoms. The maximum absolute atomic E-state index is 8.33. The average molecular weight is 162 g/mol. The van der Waals surface area contributed by atoms with Crippen molar-refractivity contribution in [2.45, 2.75) is 12.8 Å². The van der Waals surface area contributed by atoms with Crippen molar-refractivity contribution in [2.24, 2.45) is 0 Å². The molecule has 0 aliphatic rings. The number of aryl methyl sites for hydroxylation is 1. The number of aromatic nitrogens is 1. The molecule has 1 heterocycles. The number of pyridine rings is 1. The summed E-state index contributed by atoms with van der Waals surface area (Å²) < 4.78 is 4.95. The largest absolute Gasteiger partial charge is 0.495 e. The van der Waals surface area contributed by atoms with E-state index in [4.69, 9.17) is 10.00 Å². The van der Waals surface area contributed by atoms with Gasteiger partial charge in [0.2, 0.25) is 0 Å². The molecule has 0 aliphatic heterocycles. The SMILES string of the molecule is COc1ccc(CCC#N)nc1. The maximum atomic E-state index is 8.33. The fourth-order valence-corrected chi connectivity index (χ4v) is 0.864. The molecule has 62 valence electrons. The molecule has 12 heavy (non-hydrogen) atoms. The molecule has 0 fully saturated rings. The van der Waals surface area contributed by atoms with Crippen LogP contribution in [0.15, 0.2) is 18.3 Å². The summed E-state index contributed by atoms with van der Waals surface area (Å²) in [6.07, 6.45) is 2.88. The van der Waals surface area contributed by atoms with E-state index in [1.165, 1.54) is 0 Å². The lowest BCUT2D eigenvalue weighted by molar-refractivity contribution is 0.412. The number of hydrogen-bond acceptors (Lipinski definition) is 3. The molecule has 0 unspecified atom stereocenters. The van der Waals surface area contributed by atoms with Crippen molar-refractivity contribution < 1.29 is 4.74 Å². The third kappa shape index (κ3) is 2.24. The number of hydrogen-bond donors (Lipinski definition) is 0. The predicted molar refractivity (Wildman–Crippen MR) is 44.7 cm³/mol. The first-order valence-electron chi connectivity index (χ1n) is 3.72. The second-order valence-electron chi connectivity index (χ2n) is 2.35. The molecule has 0 aliphatic carbocycles. The number of nitrogens with zero attached hydrogens (tertiary/aromatic N) is 2. The summed E-state index contributed by atoms with van der Waals surface area (Å²) in [5.41, 5.74) is 0.928. The molecule has 0 N–H and O–H groups in total. The Morgan fingerprint density at radius 2 is 2.42 bits per heavy atom. The van der Waals surface area contributed by atoms with Gasteiger partial charge in [0, 0.05) is 18.5 Å². The third-order valence-corrected chi connectivity index (χ3v) is 1.53. The van der Waals surface area contributed by atoms with Crippen LogP contribution in [0.1, 0.15) is 12.1 Å². The summed E-state index contributed by atoms with van der Waals surface area (Å²) in [6, 6.07) is 5.79. The molecule has 0 aromatic carbocycles. The molecule has 0 radical (unpaired) electrons. The lowest BCUT2D eigenvalue weighted by Gasteiger charge is -1.99. The Morgan fingerprint density at radius 1 is 1.58 bits per heavy atom. The summed E-state index contributed by atoms with van der Waals surface area (Å²) in [7, 11) is 1.60. The zero-order valence-corrected chi connectivity index (χ0v) is 6.95. The number of rotatable bonds is 3. The maximum Gasteiger partial charge on any atom is 0.137 e. The first-order valence-corrected chi connectivity index (χ1v) is 3.72. The third-order valence-electron chi connectivity index (χ3n) is 1.53. The van der Waals surface area contributed by atoms with E-state index < -0.39 is 0 Å². The minimum absolute atomic E-state index is 0.513. The number of nitriles is 1. The molecule has 1 rings (SSSR count). The van der Waals surface area contributed by atoms with E-state index in [1.807, 2.05) is 12.1 Å². The highest BCUT2D eigenvalue weighted by atomic mass is 16.5. The van der Waals surface area contributed by atoms with Gasteiger partial charge in [-0.15, -0.1) is 0 Å². The van der Waals surface area contributed by atoms with E-state index in [-0.39, 0.29) is 0 Å². The van der Waals surface area contributed by atoms with E-state index in [1.54, 1.807) is 13.3 Å². The van der Waals surface area contributed by atoms with Gasteiger partial charge in [-0.05, 0) is 12.1 Å². The zero-order valence-electron chi connectivity index (χ0n) is 6.95. The fraction of sp³-hybridized carbons (Fsp3) is 0.333. The molecule has 3 nitrogen and oxygen atoms in total. The summed E-state index contributed by atoms with van der Waals surface area (Å²) in [5, 5.41) is 8.33. The van der Waals surface area contributed by atoms with Crippen molar-refractivity contribution in [1.82, 2.24) is 4.98 Å². The summed E-state index contributed by atoms with van der Waals surface area (Å²) >= 11 is 0. The molecule has 0 spiro atoms. The van der Waals surface area contributed by atoms with Crippen LogP contribution in [0, 0.1) is 11.3 Å². The molecule has 3 heteroatoms. The van der Waals surface area contributed by atoms with Crippen LogP contribution in [-0.2, 0) is 6.42 Å². The van der Waals surface area contributed by atoms with E-state index in [0.29, 0.717) is 12.8 Å². The highest BCUT2D eigenvalue weighted by molar-refractivity contribution is 5.19. The van der Waals surface area contributed by atoms with Crippen molar-refractivity contribution in [1.29, 1.82) is 5.26 Å². The van der Waals surface area contributed by atoms with Crippen LogP contribution < -0.4 is 4.74 Å². The number of ether oxygens (including phenoxy) is 1. The van der Waals surface area contributed by atoms with Crippen molar-refractivity contribution in [3.8, 4) is 11.8 Å². The van der Waals surface area contributed by atoms with Crippen LogP contribution in [0.2, 0.25) is 0 Å². The van der Waals surface area contributed by atoms with E-state index >= 15 is 0 Å². The highest BCUT2D eigenvalue weighted by Crippen LogP contribution is 2.08. The Balaban J connectivity index is 2.60. The lowest BCUT2D eigenvalue weighted by Crippen LogP contribution is -1.90. The minimum Gasteiger partial charge on any atom is -0.495 e. The Bertz CT molecular complexity index is 274. The van der Waals surface area contributed by atoms with Gasteiger partial charge in [0.05, 0.1) is 19.4 Å². The van der Waals surface area contributed by atoms with Crippen LogP contribution in [0.3, 0.4) is 0 Å². The Morgan fingerprint density at radius 3 is 2.92 bits per heavy atom. The monoisotopic (exact) mass is 162 g/mol. The minimum atomic E-state index is 0.513. The Labute approximate surface area is 71.6 Å². The first-order chi connectivity index (χ1) is 5.86. The Hall–Kier alpha value is -1.56. The van der Waals surface area contributed by atoms with Gasteiger partial charge >= 0.3 is 0 Å². The van der Waals surface area contributed by atoms with Gasteiger partial charge in [0.25, 0.3) is 0 Å². The van der Waals surface area contributed by atoms with E-state index in [0.717, 1.165) is 11.4 Å². The van der Waals surface area contributed by atoms with Gasteiger partial charge < -0.3 is 4.74 Å². The van der Waals surface area contributed by atoms with Crippen LogP contribution >= 0.6 is 0 Å². The predicted octanol–water partition coefficient (Wildman–Crippen LogP) is 1.55. The lowest BCUT2D eigenvalue weighted by atomic mass is 10.2. The van der Waals surface area contributed by atoms with Crippen molar-refractivity contribution >= 4 is 0 Å².